The second-order valence-electron chi connectivity index (χ2n) is 5.08. The van der Waals surface area contributed by atoms with Gasteiger partial charge in [-0.15, -0.1) is 11.6 Å². The maximum Gasteiger partial charge on any atom is 0.0624 e. The van der Waals surface area contributed by atoms with Crippen LogP contribution < -0.4 is 0 Å². The maximum absolute atomic E-state index is 6.26. The molecule has 3 heteroatoms. The minimum absolute atomic E-state index is 0.230. The molecule has 2 rings (SSSR count). The van der Waals surface area contributed by atoms with Gasteiger partial charge in [0.1, 0.15) is 0 Å². The summed E-state index contributed by atoms with van der Waals surface area (Å²) in [5.74, 6) is 0.718. The van der Waals surface area contributed by atoms with E-state index in [0.717, 1.165) is 17.9 Å². The summed E-state index contributed by atoms with van der Waals surface area (Å²) in [6.45, 7) is 0. The van der Waals surface area contributed by atoms with E-state index in [0.29, 0.717) is 10.0 Å². The van der Waals surface area contributed by atoms with Crippen molar-refractivity contribution in [3.05, 3.63) is 33.8 Å². The van der Waals surface area contributed by atoms with Gasteiger partial charge >= 0.3 is 0 Å². The summed E-state index contributed by atoms with van der Waals surface area (Å²) in [4.78, 5) is 0. The van der Waals surface area contributed by atoms with Crippen LogP contribution in [-0.2, 0) is 6.42 Å². The lowest BCUT2D eigenvalue weighted by Crippen LogP contribution is -2.28. The minimum atomic E-state index is 0.230. The van der Waals surface area contributed by atoms with E-state index in [1.165, 1.54) is 32.1 Å². The third-order valence-electron chi connectivity index (χ3n) is 3.79. The molecule has 0 atom stereocenters. The molecule has 0 radical (unpaired) electrons. The van der Waals surface area contributed by atoms with E-state index in [1.54, 1.807) is 0 Å². The SMILES string of the molecule is ClCC1(Cc2cccc(Cl)c2Cl)CCCCC1. The van der Waals surface area contributed by atoms with Crippen LogP contribution in [0.2, 0.25) is 10.0 Å². The average Bonchev–Trinajstić information content (AvgIpc) is 2.36. The number of halogens is 3. The summed E-state index contributed by atoms with van der Waals surface area (Å²) in [6.07, 6.45) is 7.27. The van der Waals surface area contributed by atoms with Gasteiger partial charge in [-0.3, -0.25) is 0 Å². The zero-order valence-electron chi connectivity index (χ0n) is 9.82. The molecular weight excluding hydrogens is 275 g/mol. The van der Waals surface area contributed by atoms with E-state index < -0.39 is 0 Å². The van der Waals surface area contributed by atoms with Gasteiger partial charge in [-0.2, -0.15) is 0 Å². The van der Waals surface area contributed by atoms with Crippen molar-refractivity contribution in [3.63, 3.8) is 0 Å². The largest absolute Gasteiger partial charge is 0.126 e. The third kappa shape index (κ3) is 3.10. The van der Waals surface area contributed by atoms with Gasteiger partial charge in [0, 0.05) is 5.88 Å². The molecule has 0 aliphatic heterocycles. The van der Waals surface area contributed by atoms with Crippen LogP contribution in [0.25, 0.3) is 0 Å². The molecule has 1 aromatic rings. The van der Waals surface area contributed by atoms with E-state index in [2.05, 4.69) is 6.07 Å². The van der Waals surface area contributed by atoms with Crippen LogP contribution in [0.3, 0.4) is 0 Å². The Bertz CT molecular complexity index is 381. The molecule has 0 heterocycles. The molecule has 0 spiro atoms. The Labute approximate surface area is 118 Å². The van der Waals surface area contributed by atoms with Gasteiger partial charge in [-0.25, -0.2) is 0 Å². The predicted molar refractivity (Wildman–Crippen MR) is 76.4 cm³/mol. The summed E-state index contributed by atoms with van der Waals surface area (Å²) in [7, 11) is 0. The lowest BCUT2D eigenvalue weighted by Gasteiger charge is -2.36. The molecule has 0 N–H and O–H groups in total. The van der Waals surface area contributed by atoms with Gasteiger partial charge in [0.25, 0.3) is 0 Å². The standard InChI is InChI=1S/C14H17Cl3/c15-10-14(7-2-1-3-8-14)9-11-5-4-6-12(16)13(11)17/h4-6H,1-3,7-10H2. The molecule has 1 aliphatic rings. The molecule has 17 heavy (non-hydrogen) atoms. The van der Waals surface area contributed by atoms with E-state index in [-0.39, 0.29) is 5.41 Å². The number of benzene rings is 1. The molecule has 1 saturated carbocycles. The zero-order valence-corrected chi connectivity index (χ0v) is 12.1. The van der Waals surface area contributed by atoms with Gasteiger partial charge in [0.05, 0.1) is 10.0 Å². The summed E-state index contributed by atoms with van der Waals surface area (Å²) >= 11 is 18.5. The highest BCUT2D eigenvalue weighted by molar-refractivity contribution is 6.42. The van der Waals surface area contributed by atoms with Crippen molar-refractivity contribution in [2.45, 2.75) is 38.5 Å². The highest BCUT2D eigenvalue weighted by Gasteiger charge is 2.32. The fourth-order valence-electron chi connectivity index (χ4n) is 2.75. The number of alkyl halides is 1. The Hall–Kier alpha value is 0.0900. The van der Waals surface area contributed by atoms with Crippen molar-refractivity contribution in [2.75, 3.05) is 5.88 Å². The second-order valence-corrected chi connectivity index (χ2v) is 6.14. The Balaban J connectivity index is 2.20. The Morgan fingerprint density at radius 2 is 1.76 bits per heavy atom. The van der Waals surface area contributed by atoms with Gasteiger partial charge in [-0.05, 0) is 36.3 Å². The Morgan fingerprint density at radius 1 is 1.06 bits per heavy atom. The third-order valence-corrected chi connectivity index (χ3v) is 5.22. The van der Waals surface area contributed by atoms with Crippen molar-refractivity contribution in [1.82, 2.24) is 0 Å². The monoisotopic (exact) mass is 290 g/mol. The normalized spacial score (nSPS) is 19.2. The molecule has 0 unspecified atom stereocenters. The van der Waals surface area contributed by atoms with E-state index >= 15 is 0 Å². The van der Waals surface area contributed by atoms with E-state index in [1.807, 2.05) is 12.1 Å². The van der Waals surface area contributed by atoms with E-state index in [4.69, 9.17) is 34.8 Å². The quantitative estimate of drug-likeness (QED) is 0.624. The fourth-order valence-corrected chi connectivity index (χ4v) is 3.50. The van der Waals surface area contributed by atoms with E-state index in [9.17, 15) is 0 Å². The topological polar surface area (TPSA) is 0 Å². The molecule has 0 saturated heterocycles. The van der Waals surface area contributed by atoms with Crippen LogP contribution in [0.15, 0.2) is 18.2 Å². The highest BCUT2D eigenvalue weighted by Crippen LogP contribution is 2.42. The van der Waals surface area contributed by atoms with Crippen LogP contribution in [0.1, 0.15) is 37.7 Å². The van der Waals surface area contributed by atoms with Crippen LogP contribution in [-0.4, -0.2) is 5.88 Å². The van der Waals surface area contributed by atoms with Crippen LogP contribution in [0, 0.1) is 5.41 Å². The van der Waals surface area contributed by atoms with Crippen LogP contribution in [0.5, 0.6) is 0 Å². The molecule has 0 aromatic heterocycles. The molecular formula is C14H17Cl3. The van der Waals surface area contributed by atoms with Crippen molar-refractivity contribution < 1.29 is 0 Å². The molecule has 94 valence electrons. The lowest BCUT2D eigenvalue weighted by atomic mass is 9.72. The Kier molecular flexibility index (Phi) is 4.63. The zero-order chi connectivity index (χ0) is 12.3. The maximum atomic E-state index is 6.26. The highest BCUT2D eigenvalue weighted by atomic mass is 35.5. The van der Waals surface area contributed by atoms with Crippen molar-refractivity contribution in [3.8, 4) is 0 Å². The van der Waals surface area contributed by atoms with Crippen LogP contribution >= 0.6 is 34.8 Å². The number of rotatable bonds is 3. The summed E-state index contributed by atoms with van der Waals surface area (Å²) in [5.41, 5.74) is 1.37. The Morgan fingerprint density at radius 3 is 2.41 bits per heavy atom. The molecule has 1 aliphatic carbocycles. The molecule has 0 amide bonds. The van der Waals surface area contributed by atoms with Crippen LogP contribution in [0.4, 0.5) is 0 Å². The summed E-state index contributed by atoms with van der Waals surface area (Å²) < 4.78 is 0. The second kappa shape index (κ2) is 5.82. The van der Waals surface area contributed by atoms with Gasteiger partial charge in [-0.1, -0.05) is 54.6 Å². The first kappa shape index (κ1) is 13.5. The predicted octanol–water partition coefficient (Wildman–Crippen LogP) is 5.73. The average molecular weight is 292 g/mol. The van der Waals surface area contributed by atoms with Crippen molar-refractivity contribution in [2.24, 2.45) is 5.41 Å². The van der Waals surface area contributed by atoms with Gasteiger partial charge in [0.15, 0.2) is 0 Å². The fraction of sp³-hybridized carbons (Fsp3) is 0.571. The molecule has 0 bridgehead atoms. The molecule has 0 nitrogen and oxygen atoms in total. The van der Waals surface area contributed by atoms with Gasteiger partial charge in [0.2, 0.25) is 0 Å². The first-order valence-electron chi connectivity index (χ1n) is 6.16. The smallest absolute Gasteiger partial charge is 0.0624 e. The van der Waals surface area contributed by atoms with Crippen molar-refractivity contribution >= 4 is 34.8 Å². The van der Waals surface area contributed by atoms with Gasteiger partial charge < -0.3 is 0 Å². The summed E-state index contributed by atoms with van der Waals surface area (Å²) in [6, 6.07) is 5.87. The lowest BCUT2D eigenvalue weighted by molar-refractivity contribution is 0.219. The number of hydrogen-bond acceptors (Lipinski definition) is 0. The molecule has 1 aromatic carbocycles. The minimum Gasteiger partial charge on any atom is -0.126 e. The molecule has 1 fully saturated rings. The number of hydrogen-bond donors (Lipinski definition) is 0. The first-order valence-corrected chi connectivity index (χ1v) is 7.45. The first-order chi connectivity index (χ1) is 8.17. The summed E-state index contributed by atoms with van der Waals surface area (Å²) in [5, 5.41) is 1.34. The van der Waals surface area contributed by atoms with Crippen molar-refractivity contribution in [1.29, 1.82) is 0 Å².